The van der Waals surface area contributed by atoms with Gasteiger partial charge in [-0.3, -0.25) is 0 Å². The van der Waals surface area contributed by atoms with Crippen LogP contribution < -0.4 is 0 Å². The van der Waals surface area contributed by atoms with Crippen molar-refractivity contribution in [2.45, 2.75) is 11.3 Å². The standard InChI is InChI=1S/C18H19ClO4S/c1-24(22,23)17-8-4-14(5-9-17)18(15(12-21)10-11-20)13-2-6-16(19)7-3-13/h2-9,20-21H,10-12H2,1H3/b18-15+. The van der Waals surface area contributed by atoms with Crippen LogP contribution in [0.4, 0.5) is 0 Å². The molecule has 0 aliphatic rings. The maximum atomic E-state index is 11.6. The third-order valence-electron chi connectivity index (χ3n) is 3.66. The largest absolute Gasteiger partial charge is 0.396 e. The van der Waals surface area contributed by atoms with Gasteiger partial charge in [-0.2, -0.15) is 0 Å². The molecule has 0 saturated heterocycles. The van der Waals surface area contributed by atoms with E-state index in [2.05, 4.69) is 0 Å². The first-order chi connectivity index (χ1) is 11.4. The smallest absolute Gasteiger partial charge is 0.175 e. The zero-order valence-corrected chi connectivity index (χ0v) is 14.8. The third-order valence-corrected chi connectivity index (χ3v) is 5.04. The van der Waals surface area contributed by atoms with Crippen molar-refractivity contribution in [3.05, 3.63) is 70.3 Å². The van der Waals surface area contributed by atoms with Crippen molar-refractivity contribution < 1.29 is 18.6 Å². The van der Waals surface area contributed by atoms with Crippen LogP contribution in [0.15, 0.2) is 59.0 Å². The van der Waals surface area contributed by atoms with Crippen LogP contribution in [0.3, 0.4) is 0 Å². The second-order valence-electron chi connectivity index (χ2n) is 5.41. The molecule has 0 unspecified atom stereocenters. The predicted molar refractivity (Wildman–Crippen MR) is 95.8 cm³/mol. The maximum absolute atomic E-state index is 11.6. The highest BCUT2D eigenvalue weighted by Gasteiger charge is 2.13. The predicted octanol–water partition coefficient (Wildman–Crippen LogP) is 2.92. The van der Waals surface area contributed by atoms with Gasteiger partial charge in [0.25, 0.3) is 0 Å². The summed E-state index contributed by atoms with van der Waals surface area (Å²) < 4.78 is 23.2. The molecular weight excluding hydrogens is 348 g/mol. The van der Waals surface area contributed by atoms with E-state index in [9.17, 15) is 18.6 Å². The fraction of sp³-hybridized carbons (Fsp3) is 0.222. The zero-order chi connectivity index (χ0) is 17.7. The van der Waals surface area contributed by atoms with Gasteiger partial charge in [0.15, 0.2) is 9.84 Å². The topological polar surface area (TPSA) is 74.6 Å². The number of rotatable bonds is 6. The highest BCUT2D eigenvalue weighted by atomic mass is 35.5. The quantitative estimate of drug-likeness (QED) is 0.824. The van der Waals surface area contributed by atoms with E-state index in [1.54, 1.807) is 24.3 Å². The van der Waals surface area contributed by atoms with Crippen LogP contribution >= 0.6 is 11.6 Å². The van der Waals surface area contributed by atoms with Gasteiger partial charge in [-0.25, -0.2) is 8.42 Å². The van der Waals surface area contributed by atoms with Crippen molar-refractivity contribution in [1.29, 1.82) is 0 Å². The molecule has 0 bridgehead atoms. The number of aliphatic hydroxyl groups is 2. The summed E-state index contributed by atoms with van der Waals surface area (Å²) in [6.07, 6.45) is 1.48. The Labute approximate surface area is 147 Å². The highest BCUT2D eigenvalue weighted by molar-refractivity contribution is 7.90. The first-order valence-corrected chi connectivity index (χ1v) is 9.64. The SMILES string of the molecule is CS(=O)(=O)c1ccc(/C(=C(/CO)CCO)c2ccc(Cl)cc2)cc1. The van der Waals surface area contributed by atoms with E-state index in [-0.39, 0.29) is 18.1 Å². The molecule has 0 radical (unpaired) electrons. The molecular formula is C18H19ClO4S. The molecule has 6 heteroatoms. The summed E-state index contributed by atoms with van der Waals surface area (Å²) in [5.74, 6) is 0. The van der Waals surface area contributed by atoms with Gasteiger partial charge >= 0.3 is 0 Å². The third kappa shape index (κ3) is 4.45. The Hall–Kier alpha value is -1.66. The normalized spacial score (nSPS) is 12.8. The molecule has 0 fully saturated rings. The minimum atomic E-state index is -3.27. The van der Waals surface area contributed by atoms with Crippen LogP contribution in [0.1, 0.15) is 17.5 Å². The Morgan fingerprint density at radius 2 is 1.46 bits per heavy atom. The average Bonchev–Trinajstić information content (AvgIpc) is 2.55. The Balaban J connectivity index is 2.60. The Morgan fingerprint density at radius 1 is 0.958 bits per heavy atom. The van der Waals surface area contributed by atoms with Crippen molar-refractivity contribution >= 4 is 27.0 Å². The van der Waals surface area contributed by atoms with Gasteiger partial charge in [0.05, 0.1) is 11.5 Å². The van der Waals surface area contributed by atoms with E-state index >= 15 is 0 Å². The van der Waals surface area contributed by atoms with Gasteiger partial charge in [0.2, 0.25) is 0 Å². The van der Waals surface area contributed by atoms with Gasteiger partial charge in [0.1, 0.15) is 0 Å². The fourth-order valence-corrected chi connectivity index (χ4v) is 3.23. The second-order valence-corrected chi connectivity index (χ2v) is 7.87. The van der Waals surface area contributed by atoms with E-state index in [0.29, 0.717) is 17.0 Å². The summed E-state index contributed by atoms with van der Waals surface area (Å²) in [5.41, 5.74) is 3.04. The van der Waals surface area contributed by atoms with Crippen molar-refractivity contribution in [2.75, 3.05) is 19.5 Å². The van der Waals surface area contributed by atoms with E-state index in [1.165, 1.54) is 12.1 Å². The molecule has 0 spiro atoms. The Morgan fingerprint density at radius 3 is 1.88 bits per heavy atom. The Kier molecular flexibility index (Phi) is 6.18. The molecule has 128 valence electrons. The van der Waals surface area contributed by atoms with Crippen molar-refractivity contribution in [3.8, 4) is 0 Å². The van der Waals surface area contributed by atoms with Crippen molar-refractivity contribution in [1.82, 2.24) is 0 Å². The van der Waals surface area contributed by atoms with Crippen molar-refractivity contribution in [2.24, 2.45) is 0 Å². The summed E-state index contributed by atoms with van der Waals surface area (Å²) in [4.78, 5) is 0.231. The van der Waals surface area contributed by atoms with E-state index in [0.717, 1.165) is 23.0 Å². The number of hydrogen-bond donors (Lipinski definition) is 2. The summed E-state index contributed by atoms with van der Waals surface area (Å²) in [5, 5.41) is 19.6. The van der Waals surface area contributed by atoms with Crippen molar-refractivity contribution in [3.63, 3.8) is 0 Å². The zero-order valence-electron chi connectivity index (χ0n) is 13.2. The molecule has 2 rings (SSSR count). The monoisotopic (exact) mass is 366 g/mol. The number of hydrogen-bond acceptors (Lipinski definition) is 4. The molecule has 0 atom stereocenters. The molecule has 0 aliphatic carbocycles. The lowest BCUT2D eigenvalue weighted by atomic mass is 9.92. The molecule has 2 aromatic rings. The van der Waals surface area contributed by atoms with Gasteiger partial charge in [-0.15, -0.1) is 0 Å². The van der Waals surface area contributed by atoms with Gasteiger partial charge < -0.3 is 10.2 Å². The van der Waals surface area contributed by atoms with Crippen LogP contribution in [0.2, 0.25) is 5.02 Å². The average molecular weight is 367 g/mol. The first kappa shape index (κ1) is 18.7. The lowest BCUT2D eigenvalue weighted by Crippen LogP contribution is -2.02. The highest BCUT2D eigenvalue weighted by Crippen LogP contribution is 2.30. The van der Waals surface area contributed by atoms with Gasteiger partial charge in [0, 0.05) is 17.9 Å². The van der Waals surface area contributed by atoms with Crippen LogP contribution in [0, 0.1) is 0 Å². The minimum Gasteiger partial charge on any atom is -0.396 e. The van der Waals surface area contributed by atoms with Crippen LogP contribution in [-0.4, -0.2) is 38.1 Å². The molecule has 2 aromatic carbocycles. The summed E-state index contributed by atoms with van der Waals surface area (Å²) >= 11 is 5.94. The second kappa shape index (κ2) is 7.94. The van der Waals surface area contributed by atoms with Crippen LogP contribution in [-0.2, 0) is 9.84 Å². The van der Waals surface area contributed by atoms with Gasteiger partial charge in [-0.05, 0) is 53.0 Å². The first-order valence-electron chi connectivity index (χ1n) is 7.37. The molecule has 0 aliphatic heterocycles. The number of aliphatic hydroxyl groups excluding tert-OH is 2. The lowest BCUT2D eigenvalue weighted by molar-refractivity contribution is 0.279. The summed E-state index contributed by atoms with van der Waals surface area (Å²) in [6, 6.07) is 13.6. The number of benzene rings is 2. The molecule has 0 saturated carbocycles. The molecule has 0 heterocycles. The molecule has 24 heavy (non-hydrogen) atoms. The Bertz CT molecular complexity index is 822. The fourth-order valence-electron chi connectivity index (χ4n) is 2.48. The van der Waals surface area contributed by atoms with E-state index < -0.39 is 9.84 Å². The maximum Gasteiger partial charge on any atom is 0.175 e. The molecule has 0 amide bonds. The number of sulfone groups is 1. The summed E-state index contributed by atoms with van der Waals surface area (Å²) in [7, 11) is -3.27. The van der Waals surface area contributed by atoms with E-state index in [4.69, 9.17) is 11.6 Å². The van der Waals surface area contributed by atoms with Crippen LogP contribution in [0.5, 0.6) is 0 Å². The lowest BCUT2D eigenvalue weighted by Gasteiger charge is -2.15. The van der Waals surface area contributed by atoms with E-state index in [1.807, 2.05) is 12.1 Å². The molecule has 2 N–H and O–H groups in total. The van der Waals surface area contributed by atoms with Gasteiger partial charge in [-0.1, -0.05) is 35.9 Å². The van der Waals surface area contributed by atoms with Crippen LogP contribution in [0.25, 0.3) is 5.57 Å². The molecule has 4 nitrogen and oxygen atoms in total. The summed E-state index contributed by atoms with van der Waals surface area (Å²) in [6.45, 7) is -0.291. The number of halogens is 1. The molecule has 0 aromatic heterocycles. The minimum absolute atomic E-state index is 0.0889.